The van der Waals surface area contributed by atoms with Crippen LogP contribution in [0.2, 0.25) is 0 Å². The molecule has 4 atom stereocenters. The van der Waals surface area contributed by atoms with Gasteiger partial charge in [0.05, 0.1) is 15.9 Å². The van der Waals surface area contributed by atoms with Crippen LogP contribution in [-0.4, -0.2) is 15.9 Å². The predicted molar refractivity (Wildman–Crippen MR) is 81.8 cm³/mol. The predicted octanol–water partition coefficient (Wildman–Crippen LogP) is 3.74. The zero-order valence-electron chi connectivity index (χ0n) is 12.4. The molecule has 2 saturated carbocycles. The lowest BCUT2D eigenvalue weighted by atomic mass is 9.84. The van der Waals surface area contributed by atoms with Gasteiger partial charge in [-0.25, -0.2) is 0 Å². The first-order valence-electron chi connectivity index (χ1n) is 7.65. The van der Waals surface area contributed by atoms with E-state index in [9.17, 15) is 20.2 Å². The van der Waals surface area contributed by atoms with Gasteiger partial charge in [-0.3, -0.25) is 20.2 Å². The Balaban J connectivity index is 1.79. The molecule has 118 valence electrons. The summed E-state index contributed by atoms with van der Waals surface area (Å²) in [6.07, 6.45) is 5.02. The largest absolute Gasteiger partial charge is 0.377 e. The number of rotatable bonds is 5. The summed E-state index contributed by atoms with van der Waals surface area (Å²) in [7, 11) is 0. The highest BCUT2D eigenvalue weighted by Crippen LogP contribution is 2.50. The molecule has 22 heavy (non-hydrogen) atoms. The fourth-order valence-corrected chi connectivity index (χ4v) is 4.17. The number of nitro groups is 2. The third-order valence-electron chi connectivity index (χ3n) is 5.21. The number of non-ortho nitro benzene ring substituents is 1. The molecule has 7 nitrogen and oxygen atoms in total. The lowest BCUT2D eigenvalue weighted by Gasteiger charge is -2.29. The number of fused-ring (bicyclic) bond motifs is 2. The number of hydrogen-bond acceptors (Lipinski definition) is 5. The molecule has 2 aliphatic carbocycles. The van der Waals surface area contributed by atoms with Gasteiger partial charge in [-0.05, 0) is 50.0 Å². The van der Waals surface area contributed by atoms with Crippen LogP contribution in [-0.2, 0) is 0 Å². The second-order valence-corrected chi connectivity index (χ2v) is 6.49. The summed E-state index contributed by atoms with van der Waals surface area (Å²) in [5, 5.41) is 25.2. The van der Waals surface area contributed by atoms with Gasteiger partial charge >= 0.3 is 0 Å². The van der Waals surface area contributed by atoms with Gasteiger partial charge in [0, 0.05) is 12.1 Å². The van der Waals surface area contributed by atoms with E-state index < -0.39 is 9.85 Å². The maximum Gasteiger partial charge on any atom is 0.299 e. The molecule has 7 heteroatoms. The van der Waals surface area contributed by atoms with E-state index in [1.54, 1.807) is 0 Å². The number of nitro benzene ring substituents is 2. The van der Waals surface area contributed by atoms with Crippen molar-refractivity contribution in [3.8, 4) is 0 Å². The zero-order valence-corrected chi connectivity index (χ0v) is 12.4. The Labute approximate surface area is 128 Å². The first kappa shape index (κ1) is 14.7. The monoisotopic (exact) mass is 305 g/mol. The van der Waals surface area contributed by atoms with Gasteiger partial charge in [0.1, 0.15) is 5.69 Å². The van der Waals surface area contributed by atoms with Crippen molar-refractivity contribution in [2.45, 2.75) is 38.6 Å². The van der Waals surface area contributed by atoms with Gasteiger partial charge in [0.15, 0.2) is 0 Å². The SMILES string of the molecule is C[C@H](Nc1ccc([N+](=O)[O-])cc1[N+](=O)[O-])[C@H]1C[C@@H]2CC[C@@H]1C2. The first-order valence-corrected chi connectivity index (χ1v) is 7.65. The van der Waals surface area contributed by atoms with Crippen molar-refractivity contribution >= 4 is 17.1 Å². The number of nitrogens with one attached hydrogen (secondary N) is 1. The van der Waals surface area contributed by atoms with Gasteiger partial charge in [-0.1, -0.05) is 6.42 Å². The Morgan fingerprint density at radius 1 is 1.18 bits per heavy atom. The number of hydrogen-bond donors (Lipinski definition) is 1. The summed E-state index contributed by atoms with van der Waals surface area (Å²) in [4.78, 5) is 20.8. The number of anilines is 1. The molecule has 0 spiro atoms. The van der Waals surface area contributed by atoms with E-state index >= 15 is 0 Å². The Bertz CT molecular complexity index is 619. The lowest BCUT2D eigenvalue weighted by molar-refractivity contribution is -0.393. The molecule has 0 heterocycles. The lowest BCUT2D eigenvalue weighted by Crippen LogP contribution is -2.30. The summed E-state index contributed by atoms with van der Waals surface area (Å²) in [5.41, 5.74) is -0.125. The van der Waals surface area contributed by atoms with Crippen molar-refractivity contribution in [2.75, 3.05) is 5.32 Å². The minimum Gasteiger partial charge on any atom is -0.377 e. The quantitative estimate of drug-likeness (QED) is 0.660. The van der Waals surface area contributed by atoms with E-state index in [-0.39, 0.29) is 17.4 Å². The molecular formula is C15H19N3O4. The van der Waals surface area contributed by atoms with Crippen LogP contribution in [0.4, 0.5) is 17.1 Å². The minimum absolute atomic E-state index is 0.135. The standard InChI is InChI=1S/C15H19N3O4/c1-9(13-7-10-2-3-11(13)6-10)16-14-5-4-12(17(19)20)8-15(14)18(21)22/h4-5,8-11,13,16H,2-3,6-7H2,1H3/t9-,10+,11+,13+/m0/s1. The van der Waals surface area contributed by atoms with Crippen LogP contribution in [0.15, 0.2) is 18.2 Å². The number of benzene rings is 1. The fourth-order valence-electron chi connectivity index (χ4n) is 4.17. The highest BCUT2D eigenvalue weighted by atomic mass is 16.6. The first-order chi connectivity index (χ1) is 10.5. The van der Waals surface area contributed by atoms with Gasteiger partial charge in [-0.2, -0.15) is 0 Å². The molecule has 0 amide bonds. The van der Waals surface area contributed by atoms with E-state index in [2.05, 4.69) is 12.2 Å². The summed E-state index contributed by atoms with van der Waals surface area (Å²) in [6, 6.07) is 3.91. The Hall–Kier alpha value is -2.18. The summed E-state index contributed by atoms with van der Waals surface area (Å²) in [6.45, 7) is 2.05. The highest BCUT2D eigenvalue weighted by molar-refractivity contribution is 5.65. The average molecular weight is 305 g/mol. The van der Waals surface area contributed by atoms with Gasteiger partial charge < -0.3 is 5.32 Å². The molecule has 1 aromatic rings. The van der Waals surface area contributed by atoms with Crippen LogP contribution < -0.4 is 5.32 Å². The van der Waals surface area contributed by atoms with E-state index in [0.29, 0.717) is 17.5 Å². The Morgan fingerprint density at radius 3 is 2.50 bits per heavy atom. The molecule has 1 N–H and O–H groups in total. The molecule has 0 aromatic heterocycles. The van der Waals surface area contributed by atoms with Crippen LogP contribution in [0, 0.1) is 38.0 Å². The van der Waals surface area contributed by atoms with Crippen LogP contribution in [0.3, 0.4) is 0 Å². The second kappa shape index (κ2) is 5.55. The fraction of sp³-hybridized carbons (Fsp3) is 0.600. The Morgan fingerprint density at radius 2 is 1.95 bits per heavy atom. The van der Waals surface area contributed by atoms with Crippen LogP contribution in [0.1, 0.15) is 32.6 Å². The molecular weight excluding hydrogens is 286 g/mol. The van der Waals surface area contributed by atoms with E-state index in [1.807, 2.05) is 0 Å². The highest BCUT2D eigenvalue weighted by Gasteiger charge is 2.42. The van der Waals surface area contributed by atoms with Gasteiger partial charge in [-0.15, -0.1) is 0 Å². The molecule has 3 rings (SSSR count). The van der Waals surface area contributed by atoms with E-state index in [0.717, 1.165) is 12.0 Å². The average Bonchev–Trinajstić information content (AvgIpc) is 3.09. The molecule has 0 aliphatic heterocycles. The van der Waals surface area contributed by atoms with Gasteiger partial charge in [0.2, 0.25) is 0 Å². The topological polar surface area (TPSA) is 98.3 Å². The normalized spacial score (nSPS) is 27.6. The molecule has 1 aromatic carbocycles. The maximum absolute atomic E-state index is 11.2. The van der Waals surface area contributed by atoms with Crippen molar-refractivity contribution in [2.24, 2.45) is 17.8 Å². The molecule has 0 saturated heterocycles. The molecule has 2 aliphatic rings. The second-order valence-electron chi connectivity index (χ2n) is 6.49. The molecule has 0 unspecified atom stereocenters. The smallest absolute Gasteiger partial charge is 0.299 e. The molecule has 0 radical (unpaired) electrons. The van der Waals surface area contributed by atoms with Crippen molar-refractivity contribution < 1.29 is 9.85 Å². The van der Waals surface area contributed by atoms with Crippen molar-refractivity contribution in [1.82, 2.24) is 0 Å². The van der Waals surface area contributed by atoms with Crippen LogP contribution in [0.25, 0.3) is 0 Å². The molecule has 2 bridgehead atoms. The Kier molecular flexibility index (Phi) is 3.72. The summed E-state index contributed by atoms with van der Waals surface area (Å²) < 4.78 is 0. The summed E-state index contributed by atoms with van der Waals surface area (Å²) >= 11 is 0. The van der Waals surface area contributed by atoms with E-state index in [1.165, 1.54) is 37.8 Å². The maximum atomic E-state index is 11.2. The van der Waals surface area contributed by atoms with E-state index in [4.69, 9.17) is 0 Å². The van der Waals surface area contributed by atoms with Gasteiger partial charge in [0.25, 0.3) is 11.4 Å². The summed E-state index contributed by atoms with van der Waals surface area (Å²) in [5.74, 6) is 2.06. The number of nitrogens with zero attached hydrogens (tertiary/aromatic N) is 2. The molecule has 2 fully saturated rings. The van der Waals surface area contributed by atoms with Crippen molar-refractivity contribution in [1.29, 1.82) is 0 Å². The minimum atomic E-state index is -0.615. The zero-order chi connectivity index (χ0) is 15.9. The van der Waals surface area contributed by atoms with Crippen molar-refractivity contribution in [3.05, 3.63) is 38.4 Å². The van der Waals surface area contributed by atoms with Crippen LogP contribution in [0.5, 0.6) is 0 Å². The third-order valence-corrected chi connectivity index (χ3v) is 5.21. The third kappa shape index (κ3) is 2.63. The van der Waals surface area contributed by atoms with Crippen molar-refractivity contribution in [3.63, 3.8) is 0 Å². The van der Waals surface area contributed by atoms with Crippen LogP contribution >= 0.6 is 0 Å².